The summed E-state index contributed by atoms with van der Waals surface area (Å²) in [6, 6.07) is 4.64. The van der Waals surface area contributed by atoms with Gasteiger partial charge in [-0.15, -0.1) is 0 Å². The Hall–Kier alpha value is -0.900. The number of halogens is 2. The summed E-state index contributed by atoms with van der Waals surface area (Å²) in [5.41, 5.74) is 0.122. The molecule has 1 N–H and O–H groups in total. The Morgan fingerprint density at radius 3 is 2.47 bits per heavy atom. The van der Waals surface area contributed by atoms with Gasteiger partial charge in [0.25, 0.3) is 5.91 Å². The van der Waals surface area contributed by atoms with Gasteiger partial charge in [-0.3, -0.25) is 4.79 Å². The summed E-state index contributed by atoms with van der Waals surface area (Å²) in [5, 5.41) is 2.97. The molecule has 1 aliphatic rings. The minimum atomic E-state index is -0.466. The highest BCUT2D eigenvalue weighted by molar-refractivity contribution is 9.10. The molecule has 1 aliphatic carbocycles. The summed E-state index contributed by atoms with van der Waals surface area (Å²) in [6.45, 7) is 0. The summed E-state index contributed by atoms with van der Waals surface area (Å²) >= 11 is 3.27. The summed E-state index contributed by atoms with van der Waals surface area (Å²) in [7, 11) is 0. The molecule has 0 unspecified atom stereocenters. The summed E-state index contributed by atoms with van der Waals surface area (Å²) < 4.78 is 14.4. The van der Waals surface area contributed by atoms with Crippen molar-refractivity contribution in [2.24, 2.45) is 0 Å². The minimum absolute atomic E-state index is 0.122. The number of nitrogens with one attached hydrogen (secondary N) is 1. The average Bonchev–Trinajstić information content (AvgIpc) is 2.35. The van der Waals surface area contributed by atoms with E-state index in [1.165, 1.54) is 31.4 Å². The zero-order chi connectivity index (χ0) is 13.7. The molecule has 19 heavy (non-hydrogen) atoms. The van der Waals surface area contributed by atoms with Crippen LogP contribution in [0, 0.1) is 5.82 Å². The van der Waals surface area contributed by atoms with Crippen LogP contribution in [-0.4, -0.2) is 11.9 Å². The monoisotopic (exact) mass is 327 g/mol. The molecule has 0 aliphatic heterocycles. The lowest BCUT2D eigenvalue weighted by atomic mass is 9.96. The number of rotatable bonds is 2. The van der Waals surface area contributed by atoms with Gasteiger partial charge in [-0.25, -0.2) is 4.39 Å². The zero-order valence-corrected chi connectivity index (χ0v) is 12.5. The van der Waals surface area contributed by atoms with E-state index in [4.69, 9.17) is 0 Å². The van der Waals surface area contributed by atoms with Crippen LogP contribution in [0.3, 0.4) is 0 Å². The van der Waals surface area contributed by atoms with E-state index in [0.717, 1.165) is 30.2 Å². The number of amides is 1. The van der Waals surface area contributed by atoms with Crippen molar-refractivity contribution >= 4 is 21.8 Å². The molecule has 0 atom stereocenters. The quantitative estimate of drug-likeness (QED) is 0.855. The van der Waals surface area contributed by atoms with Crippen LogP contribution in [0.15, 0.2) is 22.7 Å². The normalized spacial score (nSPS) is 17.6. The highest BCUT2D eigenvalue weighted by Gasteiger charge is 2.17. The van der Waals surface area contributed by atoms with E-state index in [1.54, 1.807) is 6.07 Å². The molecular weight excluding hydrogens is 309 g/mol. The Bertz CT molecular complexity index is 442. The van der Waals surface area contributed by atoms with Crippen LogP contribution in [-0.2, 0) is 0 Å². The van der Waals surface area contributed by atoms with Crippen LogP contribution in [0.25, 0.3) is 0 Å². The Balaban J connectivity index is 2.00. The Labute approximate surface area is 121 Å². The van der Waals surface area contributed by atoms with Gasteiger partial charge in [0.2, 0.25) is 0 Å². The third-order valence-electron chi connectivity index (χ3n) is 3.61. The SMILES string of the molecule is O=C(NC1CCCCCCC1)c1cc(Br)ccc1F. The third-order valence-corrected chi connectivity index (χ3v) is 4.11. The molecule has 1 aromatic rings. The van der Waals surface area contributed by atoms with Gasteiger partial charge in [0.1, 0.15) is 5.82 Å². The first-order valence-electron chi connectivity index (χ1n) is 6.93. The van der Waals surface area contributed by atoms with Crippen LogP contribution in [0.4, 0.5) is 4.39 Å². The van der Waals surface area contributed by atoms with Gasteiger partial charge in [0, 0.05) is 10.5 Å². The average molecular weight is 328 g/mol. The van der Waals surface area contributed by atoms with E-state index < -0.39 is 5.82 Å². The van der Waals surface area contributed by atoms with Crippen LogP contribution in [0.5, 0.6) is 0 Å². The number of benzene rings is 1. The van der Waals surface area contributed by atoms with Crippen molar-refractivity contribution in [3.05, 3.63) is 34.1 Å². The van der Waals surface area contributed by atoms with Gasteiger partial charge in [-0.2, -0.15) is 0 Å². The lowest BCUT2D eigenvalue weighted by molar-refractivity contribution is 0.0926. The molecule has 0 radical (unpaired) electrons. The van der Waals surface area contributed by atoms with Gasteiger partial charge in [0.05, 0.1) is 5.56 Å². The number of hydrogen-bond donors (Lipinski definition) is 1. The van der Waals surface area contributed by atoms with Crippen LogP contribution >= 0.6 is 15.9 Å². The molecule has 2 rings (SSSR count). The maximum absolute atomic E-state index is 13.6. The summed E-state index contributed by atoms with van der Waals surface area (Å²) in [4.78, 5) is 12.1. The molecule has 0 heterocycles. The molecule has 0 bridgehead atoms. The van der Waals surface area contributed by atoms with Crippen molar-refractivity contribution in [2.75, 3.05) is 0 Å². The van der Waals surface area contributed by atoms with Gasteiger partial charge < -0.3 is 5.32 Å². The first-order valence-corrected chi connectivity index (χ1v) is 7.72. The smallest absolute Gasteiger partial charge is 0.254 e. The molecule has 0 aromatic heterocycles. The fourth-order valence-corrected chi connectivity index (χ4v) is 2.90. The van der Waals surface area contributed by atoms with Gasteiger partial charge in [-0.1, -0.05) is 48.0 Å². The molecule has 0 spiro atoms. The van der Waals surface area contributed by atoms with Crippen molar-refractivity contribution in [3.8, 4) is 0 Å². The molecular formula is C15H19BrFNO. The van der Waals surface area contributed by atoms with Crippen LogP contribution in [0.1, 0.15) is 55.3 Å². The molecule has 104 valence electrons. The van der Waals surface area contributed by atoms with E-state index in [0.29, 0.717) is 0 Å². The van der Waals surface area contributed by atoms with Crippen LogP contribution in [0.2, 0.25) is 0 Å². The van der Waals surface area contributed by atoms with E-state index in [-0.39, 0.29) is 17.5 Å². The van der Waals surface area contributed by atoms with E-state index in [1.807, 2.05) is 0 Å². The topological polar surface area (TPSA) is 29.1 Å². The van der Waals surface area contributed by atoms with E-state index in [9.17, 15) is 9.18 Å². The first kappa shape index (κ1) is 14.5. The van der Waals surface area contributed by atoms with Crippen molar-refractivity contribution in [3.63, 3.8) is 0 Å². The van der Waals surface area contributed by atoms with E-state index >= 15 is 0 Å². The minimum Gasteiger partial charge on any atom is -0.349 e. The fraction of sp³-hybridized carbons (Fsp3) is 0.533. The second kappa shape index (κ2) is 7.04. The Kier molecular flexibility index (Phi) is 5.37. The predicted octanol–water partition coefficient (Wildman–Crippen LogP) is 4.43. The van der Waals surface area contributed by atoms with Gasteiger partial charge >= 0.3 is 0 Å². The largest absolute Gasteiger partial charge is 0.349 e. The maximum atomic E-state index is 13.6. The molecule has 1 saturated carbocycles. The summed E-state index contributed by atoms with van der Waals surface area (Å²) in [6.07, 6.45) is 8.05. The van der Waals surface area contributed by atoms with Gasteiger partial charge in [0.15, 0.2) is 0 Å². The number of hydrogen-bond acceptors (Lipinski definition) is 1. The Morgan fingerprint density at radius 2 is 1.79 bits per heavy atom. The Morgan fingerprint density at radius 1 is 1.16 bits per heavy atom. The molecule has 0 saturated heterocycles. The molecule has 1 amide bonds. The zero-order valence-electron chi connectivity index (χ0n) is 10.9. The highest BCUT2D eigenvalue weighted by atomic mass is 79.9. The van der Waals surface area contributed by atoms with Crippen molar-refractivity contribution in [1.29, 1.82) is 0 Å². The van der Waals surface area contributed by atoms with Crippen molar-refractivity contribution in [1.82, 2.24) is 5.32 Å². The lowest BCUT2D eigenvalue weighted by Crippen LogP contribution is -2.35. The molecule has 1 aromatic carbocycles. The highest BCUT2D eigenvalue weighted by Crippen LogP contribution is 2.19. The van der Waals surface area contributed by atoms with Crippen molar-refractivity contribution < 1.29 is 9.18 Å². The maximum Gasteiger partial charge on any atom is 0.254 e. The second-order valence-corrected chi connectivity index (χ2v) is 6.06. The molecule has 1 fully saturated rings. The first-order chi connectivity index (χ1) is 9.16. The molecule has 2 nitrogen and oxygen atoms in total. The van der Waals surface area contributed by atoms with Crippen molar-refractivity contribution in [2.45, 2.75) is 51.0 Å². The fourth-order valence-electron chi connectivity index (χ4n) is 2.54. The molecule has 4 heteroatoms. The number of carbonyl (C=O) groups excluding carboxylic acids is 1. The van der Waals surface area contributed by atoms with Gasteiger partial charge in [-0.05, 0) is 31.0 Å². The summed E-state index contributed by atoms with van der Waals surface area (Å²) in [5.74, 6) is -0.768. The van der Waals surface area contributed by atoms with Crippen LogP contribution < -0.4 is 5.32 Å². The lowest BCUT2D eigenvalue weighted by Gasteiger charge is -2.21. The standard InChI is InChI=1S/C15H19BrFNO/c16-11-8-9-14(17)13(10-11)15(19)18-12-6-4-2-1-3-5-7-12/h8-10,12H,1-7H2,(H,18,19). The number of carbonyl (C=O) groups is 1. The second-order valence-electron chi connectivity index (χ2n) is 5.14. The predicted molar refractivity (Wildman–Crippen MR) is 77.7 cm³/mol. The van der Waals surface area contributed by atoms with E-state index in [2.05, 4.69) is 21.2 Å². The third kappa shape index (κ3) is 4.30.